The molecule has 1 aliphatic rings. The molecule has 2 heterocycles. The molecule has 0 atom stereocenters. The first kappa shape index (κ1) is 21.9. The van der Waals surface area contributed by atoms with Crippen molar-refractivity contribution in [2.24, 2.45) is 11.7 Å². The fraction of sp³-hybridized carbons (Fsp3) is 0.364. The van der Waals surface area contributed by atoms with Crippen molar-refractivity contribution >= 4 is 33.1 Å². The number of ether oxygens (including phenoxy) is 1. The summed E-state index contributed by atoms with van der Waals surface area (Å²) in [7, 11) is -3.94. The molecule has 1 aliphatic carbocycles. The van der Waals surface area contributed by atoms with Crippen molar-refractivity contribution in [3.8, 4) is 5.88 Å². The fourth-order valence-corrected chi connectivity index (χ4v) is 5.27. The van der Waals surface area contributed by atoms with Crippen LogP contribution in [0.3, 0.4) is 0 Å². The van der Waals surface area contributed by atoms with Crippen molar-refractivity contribution in [3.63, 3.8) is 0 Å². The summed E-state index contributed by atoms with van der Waals surface area (Å²) < 4.78 is 32.4. The lowest BCUT2D eigenvalue weighted by Crippen LogP contribution is -2.23. The van der Waals surface area contributed by atoms with Crippen LogP contribution in [-0.4, -0.2) is 34.2 Å². The summed E-state index contributed by atoms with van der Waals surface area (Å²) in [6.07, 6.45) is 4.82. The molecule has 0 spiro atoms. The molecule has 9 nitrogen and oxygen atoms in total. The van der Waals surface area contributed by atoms with E-state index in [2.05, 4.69) is 9.97 Å². The molecule has 0 radical (unpaired) electrons. The number of nitrogens with two attached hydrogens (primary N) is 1. The zero-order valence-electron chi connectivity index (χ0n) is 17.7. The van der Waals surface area contributed by atoms with E-state index < -0.39 is 16.1 Å². The number of aryl methyl sites for hydroxylation is 1. The summed E-state index contributed by atoms with van der Waals surface area (Å²) in [5, 5.41) is 0. The van der Waals surface area contributed by atoms with Gasteiger partial charge in [-0.1, -0.05) is 37.0 Å². The van der Waals surface area contributed by atoms with Crippen molar-refractivity contribution < 1.29 is 22.7 Å². The van der Waals surface area contributed by atoms with Crippen LogP contribution in [-0.2, 0) is 21.2 Å². The van der Waals surface area contributed by atoms with Crippen LogP contribution in [0.4, 0.5) is 4.79 Å². The number of nitrogens with zero attached hydrogens (tertiary/aromatic N) is 3. The van der Waals surface area contributed by atoms with Crippen molar-refractivity contribution in [1.29, 1.82) is 0 Å². The Morgan fingerprint density at radius 3 is 2.44 bits per heavy atom. The number of carbonyl (C=O) groups excluding carboxylic acids is 2. The molecule has 1 amide bonds. The van der Waals surface area contributed by atoms with Gasteiger partial charge >= 0.3 is 6.09 Å². The smallest absolute Gasteiger partial charge is 0.389 e. The van der Waals surface area contributed by atoms with Gasteiger partial charge in [0.25, 0.3) is 10.0 Å². The van der Waals surface area contributed by atoms with Crippen LogP contribution in [0, 0.1) is 12.8 Å². The van der Waals surface area contributed by atoms with E-state index in [4.69, 9.17) is 10.5 Å². The summed E-state index contributed by atoms with van der Waals surface area (Å²) in [6.45, 7) is 1.86. The monoisotopic (exact) mass is 456 g/mol. The van der Waals surface area contributed by atoms with E-state index in [-0.39, 0.29) is 45.8 Å². The Hall–Kier alpha value is -3.27. The van der Waals surface area contributed by atoms with Crippen LogP contribution in [0.25, 0.3) is 11.2 Å². The molecule has 3 aromatic rings. The lowest BCUT2D eigenvalue weighted by Gasteiger charge is -2.20. The van der Waals surface area contributed by atoms with Crippen LogP contribution in [0.5, 0.6) is 5.88 Å². The minimum absolute atomic E-state index is 0.0350. The molecule has 1 saturated carbocycles. The summed E-state index contributed by atoms with van der Waals surface area (Å²) in [4.78, 5) is 32.9. The van der Waals surface area contributed by atoms with Crippen molar-refractivity contribution in [2.45, 2.75) is 50.3 Å². The van der Waals surface area contributed by atoms with Gasteiger partial charge in [0.1, 0.15) is 17.0 Å². The first-order valence-electron chi connectivity index (χ1n) is 10.5. The number of primary amides is 1. The van der Waals surface area contributed by atoms with Crippen LogP contribution < -0.4 is 10.5 Å². The van der Waals surface area contributed by atoms with Crippen LogP contribution >= 0.6 is 0 Å². The van der Waals surface area contributed by atoms with E-state index in [1.54, 1.807) is 12.1 Å². The molecule has 0 saturated heterocycles. The van der Waals surface area contributed by atoms with Gasteiger partial charge in [-0.3, -0.25) is 4.79 Å². The molecule has 0 bridgehead atoms. The number of fused-ring (bicyclic) bond motifs is 1. The molecule has 32 heavy (non-hydrogen) atoms. The highest BCUT2D eigenvalue weighted by molar-refractivity contribution is 7.90. The third-order valence-corrected chi connectivity index (χ3v) is 7.37. The number of benzene rings is 1. The second-order valence-corrected chi connectivity index (χ2v) is 9.83. The molecule has 2 N–H and O–H groups in total. The number of Topliss-reactive ketones (excluding diaryl/α,β-unsaturated/α-hetero) is 1. The standard InChI is InChI=1S/C22H24N4O5S/c1-14-7-9-16(10-8-14)32(29,30)26-12-11-17-20(26)24-18(21(25-17)31-22(23)28)13-19(27)15-5-3-2-4-6-15/h7-12,15H,2-6,13H2,1H3,(H2,23,28). The van der Waals surface area contributed by atoms with Gasteiger partial charge in [0.2, 0.25) is 5.88 Å². The van der Waals surface area contributed by atoms with E-state index in [9.17, 15) is 18.0 Å². The zero-order valence-corrected chi connectivity index (χ0v) is 18.5. The van der Waals surface area contributed by atoms with E-state index >= 15 is 0 Å². The van der Waals surface area contributed by atoms with Gasteiger partial charge in [-0.15, -0.1) is 0 Å². The highest BCUT2D eigenvalue weighted by atomic mass is 32.2. The van der Waals surface area contributed by atoms with Gasteiger partial charge in [0.15, 0.2) is 5.65 Å². The fourth-order valence-electron chi connectivity index (χ4n) is 3.98. The number of amides is 1. The van der Waals surface area contributed by atoms with Gasteiger partial charge in [0.05, 0.1) is 11.3 Å². The molecule has 2 aromatic heterocycles. The minimum Gasteiger partial charge on any atom is -0.389 e. The van der Waals surface area contributed by atoms with Gasteiger partial charge in [-0.05, 0) is 38.0 Å². The second-order valence-electron chi connectivity index (χ2n) is 8.01. The SMILES string of the molecule is Cc1ccc(S(=O)(=O)n2ccc3nc(OC(N)=O)c(CC(=O)C4CCCCC4)nc32)cc1. The number of aromatic nitrogens is 3. The Morgan fingerprint density at radius 1 is 1.09 bits per heavy atom. The van der Waals surface area contributed by atoms with Crippen LogP contribution in [0.2, 0.25) is 0 Å². The Morgan fingerprint density at radius 2 is 1.78 bits per heavy atom. The molecule has 0 aliphatic heterocycles. The number of carbonyl (C=O) groups is 2. The molecule has 1 fully saturated rings. The summed E-state index contributed by atoms with van der Waals surface area (Å²) >= 11 is 0. The highest BCUT2D eigenvalue weighted by Gasteiger charge is 2.26. The molecule has 10 heteroatoms. The average molecular weight is 457 g/mol. The third-order valence-electron chi connectivity index (χ3n) is 5.69. The summed E-state index contributed by atoms with van der Waals surface area (Å²) in [5.41, 5.74) is 6.43. The molecule has 168 valence electrons. The van der Waals surface area contributed by atoms with E-state index in [0.29, 0.717) is 0 Å². The maximum atomic E-state index is 13.2. The second kappa shape index (κ2) is 8.70. The van der Waals surface area contributed by atoms with Gasteiger partial charge in [-0.25, -0.2) is 27.2 Å². The van der Waals surface area contributed by atoms with E-state index in [0.717, 1.165) is 41.6 Å². The van der Waals surface area contributed by atoms with Gasteiger partial charge in [0, 0.05) is 12.1 Å². The summed E-state index contributed by atoms with van der Waals surface area (Å²) in [5.74, 6) is -0.308. The third kappa shape index (κ3) is 4.36. The predicted octanol–water partition coefficient (Wildman–Crippen LogP) is 3.13. The van der Waals surface area contributed by atoms with Crippen LogP contribution in [0.1, 0.15) is 43.4 Å². The number of ketones is 1. The Kier molecular flexibility index (Phi) is 5.96. The first-order valence-corrected chi connectivity index (χ1v) is 11.9. The Bertz CT molecular complexity index is 1280. The number of hydrogen-bond acceptors (Lipinski definition) is 7. The lowest BCUT2D eigenvalue weighted by atomic mass is 9.85. The molecule has 0 unspecified atom stereocenters. The zero-order chi connectivity index (χ0) is 22.9. The predicted molar refractivity (Wildman–Crippen MR) is 117 cm³/mol. The first-order chi connectivity index (χ1) is 15.3. The Balaban J connectivity index is 1.77. The number of hydrogen-bond donors (Lipinski definition) is 1. The van der Waals surface area contributed by atoms with Crippen molar-refractivity contribution in [1.82, 2.24) is 13.9 Å². The van der Waals surface area contributed by atoms with Crippen molar-refractivity contribution in [3.05, 3.63) is 47.8 Å². The molecular formula is C22H24N4O5S. The largest absolute Gasteiger partial charge is 0.411 e. The normalized spacial score (nSPS) is 15.0. The summed E-state index contributed by atoms with van der Waals surface area (Å²) in [6, 6.07) is 7.90. The Labute approximate surface area is 185 Å². The quantitative estimate of drug-likeness (QED) is 0.602. The number of rotatable bonds is 6. The molecular weight excluding hydrogens is 432 g/mol. The highest BCUT2D eigenvalue weighted by Crippen LogP contribution is 2.28. The topological polar surface area (TPSA) is 134 Å². The minimum atomic E-state index is -3.94. The van der Waals surface area contributed by atoms with E-state index in [1.807, 2.05) is 6.92 Å². The maximum Gasteiger partial charge on any atom is 0.411 e. The van der Waals surface area contributed by atoms with Gasteiger partial charge < -0.3 is 10.5 Å². The molecule has 1 aromatic carbocycles. The average Bonchev–Trinajstić information content (AvgIpc) is 3.18. The molecule has 4 rings (SSSR count). The lowest BCUT2D eigenvalue weighted by molar-refractivity contribution is -0.123. The maximum absolute atomic E-state index is 13.2. The van der Waals surface area contributed by atoms with E-state index in [1.165, 1.54) is 24.4 Å². The van der Waals surface area contributed by atoms with Crippen LogP contribution in [0.15, 0.2) is 41.4 Å². The van der Waals surface area contributed by atoms with Crippen molar-refractivity contribution in [2.75, 3.05) is 0 Å². The van der Waals surface area contributed by atoms with Gasteiger partial charge in [-0.2, -0.15) is 0 Å².